The smallest absolute Gasteiger partial charge is 0.106 e. The van der Waals surface area contributed by atoms with Crippen molar-refractivity contribution in [2.75, 3.05) is 5.32 Å². The van der Waals surface area contributed by atoms with Gasteiger partial charge in [0.2, 0.25) is 0 Å². The molecule has 1 aromatic heterocycles. The van der Waals surface area contributed by atoms with Gasteiger partial charge in [-0.05, 0) is 51.0 Å². The number of halogens is 1. The third-order valence-corrected chi connectivity index (χ3v) is 4.30. The van der Waals surface area contributed by atoms with Crippen molar-refractivity contribution in [3.63, 3.8) is 0 Å². The van der Waals surface area contributed by atoms with Crippen LogP contribution in [-0.4, -0.2) is 4.98 Å². The number of hydrogen-bond donors (Lipinski definition) is 1. The summed E-state index contributed by atoms with van der Waals surface area (Å²) >= 11 is 3.37. The Balaban J connectivity index is 1.93. The Labute approximate surface area is 122 Å². The number of pyridine rings is 1. The fourth-order valence-corrected chi connectivity index (χ4v) is 3.13. The first-order chi connectivity index (χ1) is 9.06. The highest BCUT2D eigenvalue weighted by atomic mass is 79.9. The molecule has 0 aliphatic heterocycles. The molecule has 1 heterocycles. The first kappa shape index (κ1) is 12.7. The summed E-state index contributed by atoms with van der Waals surface area (Å²) in [6.07, 6.45) is 2.99. The van der Waals surface area contributed by atoms with Gasteiger partial charge in [0.25, 0.3) is 0 Å². The molecule has 0 fully saturated rings. The minimum absolute atomic E-state index is 0.219. The van der Waals surface area contributed by atoms with Gasteiger partial charge in [-0.2, -0.15) is 0 Å². The van der Waals surface area contributed by atoms with Crippen molar-refractivity contribution < 1.29 is 0 Å². The van der Waals surface area contributed by atoms with E-state index in [4.69, 9.17) is 0 Å². The molecule has 1 aromatic carbocycles. The zero-order valence-electron chi connectivity index (χ0n) is 11.2. The molecular weight excluding hydrogens is 300 g/mol. The maximum absolute atomic E-state index is 4.28. The van der Waals surface area contributed by atoms with E-state index in [2.05, 4.69) is 70.4 Å². The van der Waals surface area contributed by atoms with Crippen LogP contribution in [0.3, 0.4) is 0 Å². The second kappa shape index (κ2) is 4.64. The van der Waals surface area contributed by atoms with E-state index in [0.29, 0.717) is 6.04 Å². The van der Waals surface area contributed by atoms with E-state index in [1.807, 2.05) is 12.3 Å². The molecule has 3 heteroatoms. The van der Waals surface area contributed by atoms with Gasteiger partial charge < -0.3 is 5.32 Å². The summed E-state index contributed by atoms with van der Waals surface area (Å²) in [5, 5.41) is 3.63. The predicted molar refractivity (Wildman–Crippen MR) is 82.2 cm³/mol. The van der Waals surface area contributed by atoms with Crippen LogP contribution in [0.25, 0.3) is 0 Å². The van der Waals surface area contributed by atoms with Gasteiger partial charge in [-0.1, -0.05) is 38.1 Å². The van der Waals surface area contributed by atoms with Gasteiger partial charge >= 0.3 is 0 Å². The number of benzene rings is 1. The number of rotatable bonds is 2. The van der Waals surface area contributed by atoms with Crippen LogP contribution in [0.2, 0.25) is 0 Å². The van der Waals surface area contributed by atoms with Crippen LogP contribution in [0.15, 0.2) is 47.2 Å². The quantitative estimate of drug-likeness (QED) is 0.820. The lowest BCUT2D eigenvalue weighted by Crippen LogP contribution is -2.24. The van der Waals surface area contributed by atoms with E-state index >= 15 is 0 Å². The van der Waals surface area contributed by atoms with Crippen molar-refractivity contribution in [1.82, 2.24) is 4.98 Å². The normalized spacial score (nSPS) is 20.1. The van der Waals surface area contributed by atoms with Crippen molar-refractivity contribution in [3.8, 4) is 0 Å². The zero-order valence-corrected chi connectivity index (χ0v) is 12.7. The molecule has 1 aliphatic rings. The molecule has 1 aliphatic carbocycles. The SMILES string of the molecule is CC1(C)Cc2ccccc2C1Nc1ccc(Br)nc1. The van der Waals surface area contributed by atoms with E-state index in [9.17, 15) is 0 Å². The molecule has 0 saturated carbocycles. The summed E-state index contributed by atoms with van der Waals surface area (Å²) < 4.78 is 0.865. The summed E-state index contributed by atoms with van der Waals surface area (Å²) in [6.45, 7) is 4.63. The van der Waals surface area contributed by atoms with Crippen LogP contribution in [0, 0.1) is 5.41 Å². The monoisotopic (exact) mass is 316 g/mol. The lowest BCUT2D eigenvalue weighted by atomic mass is 9.85. The highest BCUT2D eigenvalue weighted by molar-refractivity contribution is 9.10. The van der Waals surface area contributed by atoms with E-state index in [0.717, 1.165) is 16.7 Å². The Morgan fingerprint density at radius 2 is 2.00 bits per heavy atom. The van der Waals surface area contributed by atoms with Gasteiger partial charge in [0.1, 0.15) is 4.60 Å². The third-order valence-electron chi connectivity index (χ3n) is 3.83. The standard InChI is InChI=1S/C16H17BrN2/c1-16(2)9-11-5-3-4-6-13(11)15(16)19-12-7-8-14(17)18-10-12/h3-8,10,15,19H,9H2,1-2H3. The molecule has 0 saturated heterocycles. The van der Waals surface area contributed by atoms with Gasteiger partial charge in [0.05, 0.1) is 17.9 Å². The van der Waals surface area contributed by atoms with Crippen molar-refractivity contribution in [3.05, 3.63) is 58.3 Å². The molecule has 1 unspecified atom stereocenters. The molecule has 3 rings (SSSR count). The fraction of sp³-hybridized carbons (Fsp3) is 0.312. The Kier molecular flexibility index (Phi) is 3.09. The average Bonchev–Trinajstić information content (AvgIpc) is 2.63. The van der Waals surface area contributed by atoms with Crippen LogP contribution in [0.4, 0.5) is 5.69 Å². The highest BCUT2D eigenvalue weighted by Crippen LogP contribution is 2.46. The van der Waals surface area contributed by atoms with E-state index in [-0.39, 0.29) is 5.41 Å². The molecule has 1 atom stereocenters. The van der Waals surface area contributed by atoms with Gasteiger partial charge in [-0.25, -0.2) is 4.98 Å². The first-order valence-electron chi connectivity index (χ1n) is 6.52. The van der Waals surface area contributed by atoms with Gasteiger partial charge in [-0.15, -0.1) is 0 Å². The lowest BCUT2D eigenvalue weighted by molar-refractivity contribution is 0.337. The molecule has 2 aromatic rings. The van der Waals surface area contributed by atoms with Gasteiger partial charge in [0.15, 0.2) is 0 Å². The summed E-state index contributed by atoms with van der Waals surface area (Å²) in [4.78, 5) is 4.28. The van der Waals surface area contributed by atoms with Crippen molar-refractivity contribution in [2.24, 2.45) is 5.41 Å². The van der Waals surface area contributed by atoms with Crippen LogP contribution in [0.1, 0.15) is 31.0 Å². The van der Waals surface area contributed by atoms with E-state index in [1.165, 1.54) is 11.1 Å². The second-order valence-corrected chi connectivity index (χ2v) is 6.62. The number of nitrogens with zero attached hydrogens (tertiary/aromatic N) is 1. The third kappa shape index (κ3) is 2.39. The maximum Gasteiger partial charge on any atom is 0.106 e. The number of hydrogen-bond acceptors (Lipinski definition) is 2. The molecule has 0 bridgehead atoms. The molecular formula is C16H17BrN2. The molecule has 1 N–H and O–H groups in total. The van der Waals surface area contributed by atoms with E-state index < -0.39 is 0 Å². The Morgan fingerprint density at radius 1 is 1.21 bits per heavy atom. The molecule has 19 heavy (non-hydrogen) atoms. The lowest BCUT2D eigenvalue weighted by Gasteiger charge is -2.29. The van der Waals surface area contributed by atoms with Crippen molar-refractivity contribution in [1.29, 1.82) is 0 Å². The maximum atomic E-state index is 4.28. The van der Waals surface area contributed by atoms with Crippen LogP contribution in [0.5, 0.6) is 0 Å². The number of nitrogens with one attached hydrogen (secondary N) is 1. The zero-order chi connectivity index (χ0) is 13.5. The van der Waals surface area contributed by atoms with Crippen LogP contribution < -0.4 is 5.32 Å². The Morgan fingerprint density at radius 3 is 2.74 bits per heavy atom. The summed E-state index contributed by atoms with van der Waals surface area (Å²) in [5.41, 5.74) is 4.15. The predicted octanol–water partition coefficient (Wildman–Crippen LogP) is 4.58. The second-order valence-electron chi connectivity index (χ2n) is 5.81. The summed E-state index contributed by atoms with van der Waals surface area (Å²) in [6, 6.07) is 13.1. The minimum atomic E-state index is 0.219. The van der Waals surface area contributed by atoms with Crippen LogP contribution in [-0.2, 0) is 6.42 Å². The summed E-state index contributed by atoms with van der Waals surface area (Å²) in [7, 11) is 0. The topological polar surface area (TPSA) is 24.9 Å². The molecule has 98 valence electrons. The number of aromatic nitrogens is 1. The van der Waals surface area contributed by atoms with Gasteiger partial charge in [-0.3, -0.25) is 0 Å². The molecule has 0 radical (unpaired) electrons. The highest BCUT2D eigenvalue weighted by Gasteiger charge is 2.38. The fourth-order valence-electron chi connectivity index (χ4n) is 2.89. The largest absolute Gasteiger partial charge is 0.376 e. The summed E-state index contributed by atoms with van der Waals surface area (Å²) in [5.74, 6) is 0. The molecule has 2 nitrogen and oxygen atoms in total. The van der Waals surface area contributed by atoms with Crippen molar-refractivity contribution >= 4 is 21.6 Å². The van der Waals surface area contributed by atoms with E-state index in [1.54, 1.807) is 0 Å². The molecule has 0 amide bonds. The van der Waals surface area contributed by atoms with Crippen LogP contribution >= 0.6 is 15.9 Å². The minimum Gasteiger partial charge on any atom is -0.376 e. The number of anilines is 1. The first-order valence-corrected chi connectivity index (χ1v) is 7.31. The average molecular weight is 317 g/mol. The Bertz CT molecular complexity index is 590. The Hall–Kier alpha value is -1.35. The van der Waals surface area contributed by atoms with Crippen molar-refractivity contribution in [2.45, 2.75) is 26.3 Å². The van der Waals surface area contributed by atoms with Gasteiger partial charge in [0, 0.05) is 0 Å². The molecule has 0 spiro atoms. The number of fused-ring (bicyclic) bond motifs is 1.